The molecule has 1 spiro atoms. The van der Waals surface area contributed by atoms with Crippen LogP contribution < -0.4 is 24.4 Å². The summed E-state index contributed by atoms with van der Waals surface area (Å²) in [7, 11) is -2.49. The fourth-order valence-electron chi connectivity index (χ4n) is 11.6. The van der Waals surface area contributed by atoms with Crippen molar-refractivity contribution < 1.29 is 37.1 Å². The average Bonchev–Trinajstić information content (AvgIpc) is 3.69. The van der Waals surface area contributed by atoms with Crippen molar-refractivity contribution in [3.63, 3.8) is 0 Å². The van der Waals surface area contributed by atoms with Crippen molar-refractivity contribution >= 4 is 44.0 Å². The molecule has 16 nitrogen and oxygen atoms in total. The minimum Gasteiger partial charge on any atom is -0.489 e. The van der Waals surface area contributed by atoms with Crippen LogP contribution in [0.4, 0.5) is 21.5 Å². The Morgan fingerprint density at radius 3 is 2.54 bits per heavy atom. The summed E-state index contributed by atoms with van der Waals surface area (Å²) in [5.74, 6) is -0.489. The number of anilines is 2. The van der Waals surface area contributed by atoms with Crippen LogP contribution >= 0.6 is 0 Å². The number of carbonyl (C=O) groups is 1. The number of nitro benzene ring substituents is 1. The number of sulfonamides is 1. The van der Waals surface area contributed by atoms with Gasteiger partial charge in [-0.25, -0.2) is 22.5 Å². The molecule has 6 heterocycles. The zero-order valence-electron chi connectivity index (χ0n) is 39.5. The third-order valence-corrected chi connectivity index (χ3v) is 16.9. The van der Waals surface area contributed by atoms with Gasteiger partial charge in [0.25, 0.3) is 21.6 Å². The number of carbonyl (C=O) groups excluding carboxylic acids is 1. The van der Waals surface area contributed by atoms with Gasteiger partial charge in [0.05, 0.1) is 38.6 Å². The van der Waals surface area contributed by atoms with E-state index in [2.05, 4.69) is 79.9 Å². The van der Waals surface area contributed by atoms with Gasteiger partial charge >= 0.3 is 0 Å². The highest BCUT2D eigenvalue weighted by Crippen LogP contribution is 2.47. The van der Waals surface area contributed by atoms with Gasteiger partial charge in [-0.3, -0.25) is 19.8 Å². The lowest BCUT2D eigenvalue weighted by Crippen LogP contribution is -2.65. The molecule has 1 aliphatic carbocycles. The summed E-state index contributed by atoms with van der Waals surface area (Å²) in [6.45, 7) is 12.2. The van der Waals surface area contributed by atoms with Crippen molar-refractivity contribution in [2.24, 2.45) is 11.3 Å². The third-order valence-electron chi connectivity index (χ3n) is 15.6. The Bertz CT molecular complexity index is 2880. The lowest BCUT2D eigenvalue weighted by atomic mass is 9.69. The molecule has 366 valence electrons. The maximum atomic E-state index is 14.7. The van der Waals surface area contributed by atoms with Gasteiger partial charge in [-0.2, -0.15) is 0 Å². The van der Waals surface area contributed by atoms with Crippen LogP contribution in [0.25, 0.3) is 11.0 Å². The standard InChI is InChI=1S/C51H61FN8O8S/c1-31(2)36-7-5-6-8-37(36)40-27-57(4)18-13-43(40)59-29-51(30-59)16-19-58(20-17-51)33-9-10-38(45(21-33)68-34-22-39-41(52)26-54-48(39)53-25-34)49(61)56-69(65,66)35-23-44(60(63)64)47-46(24-35)67-28-42(55-47)32-11-14-50(3,62)15-12-32/h5-10,21-26,31-32,40,42-43,55,62H,11-20,27-30H2,1-4H3,(H,53,54)(H,56,61)/t32?,40-,42+,43-,50?/m0/s1. The number of amides is 1. The summed E-state index contributed by atoms with van der Waals surface area (Å²) in [6.07, 6.45) is 8.21. The molecule has 4 aliphatic heterocycles. The van der Waals surface area contributed by atoms with E-state index in [0.29, 0.717) is 49.2 Å². The maximum absolute atomic E-state index is 14.7. The van der Waals surface area contributed by atoms with Crippen LogP contribution in [0.1, 0.15) is 99.0 Å². The molecule has 3 atom stereocenters. The molecular weight excluding hydrogens is 904 g/mol. The van der Waals surface area contributed by atoms with E-state index in [9.17, 15) is 32.8 Å². The van der Waals surface area contributed by atoms with Crippen molar-refractivity contribution in [3.8, 4) is 17.2 Å². The first-order chi connectivity index (χ1) is 32.9. The van der Waals surface area contributed by atoms with Crippen LogP contribution in [0.2, 0.25) is 0 Å². The monoisotopic (exact) mass is 964 g/mol. The number of piperidine rings is 2. The fraction of sp³-hybridized carbons (Fsp3) is 0.490. The summed E-state index contributed by atoms with van der Waals surface area (Å²) < 4.78 is 57.0. The summed E-state index contributed by atoms with van der Waals surface area (Å²) in [6, 6.07) is 17.6. The number of nitrogens with zero attached hydrogens (tertiary/aromatic N) is 5. The van der Waals surface area contributed by atoms with Crippen LogP contribution in [0.15, 0.2) is 78.0 Å². The van der Waals surface area contributed by atoms with Crippen LogP contribution in [-0.4, -0.2) is 115 Å². The first-order valence-electron chi connectivity index (χ1n) is 24.2. The van der Waals surface area contributed by atoms with Crippen molar-refractivity contribution in [3.05, 3.63) is 106 Å². The van der Waals surface area contributed by atoms with E-state index in [0.717, 1.165) is 70.3 Å². The molecule has 1 amide bonds. The number of aromatic nitrogens is 2. The number of likely N-dealkylation sites (tertiary alicyclic amines) is 2. The molecule has 4 N–H and O–H groups in total. The number of halogens is 1. The highest BCUT2D eigenvalue weighted by molar-refractivity contribution is 7.90. The summed E-state index contributed by atoms with van der Waals surface area (Å²) in [4.78, 5) is 39.8. The number of hydrogen-bond donors (Lipinski definition) is 4. The normalized spacial score (nSPS) is 25.1. The van der Waals surface area contributed by atoms with Crippen LogP contribution in [-0.2, 0) is 10.0 Å². The largest absolute Gasteiger partial charge is 0.489 e. The Morgan fingerprint density at radius 2 is 1.80 bits per heavy atom. The smallest absolute Gasteiger partial charge is 0.297 e. The highest BCUT2D eigenvalue weighted by Gasteiger charge is 2.49. The Balaban J connectivity index is 0.865. The number of aromatic amines is 1. The van der Waals surface area contributed by atoms with Gasteiger partial charge in [-0.15, -0.1) is 0 Å². The molecule has 18 heteroatoms. The summed E-state index contributed by atoms with van der Waals surface area (Å²) >= 11 is 0. The summed E-state index contributed by atoms with van der Waals surface area (Å²) in [5.41, 5.74) is 2.82. The molecule has 4 fully saturated rings. The molecule has 10 rings (SSSR count). The molecule has 2 aromatic heterocycles. The molecule has 5 aliphatic rings. The lowest BCUT2D eigenvalue weighted by Gasteiger charge is -2.59. The minimum atomic E-state index is -4.72. The quantitative estimate of drug-likeness (QED) is 0.0732. The van der Waals surface area contributed by atoms with Crippen LogP contribution in [0.3, 0.4) is 0 Å². The molecule has 0 bridgehead atoms. The zero-order chi connectivity index (χ0) is 48.4. The SMILES string of the molecule is CC(C)c1ccccc1[C@@H]1CN(C)CC[C@@H]1N1CC2(CCN(c3ccc(C(=O)NS(=O)(=O)c4cc5c(c([N+](=O)[O-])c4)N[C@@H](C4CCC(C)(O)CC4)CO5)c(Oc4cnc5[nH]cc(F)c5c4)c3)CC2)C1. The van der Waals surface area contributed by atoms with Crippen molar-refractivity contribution in [2.45, 2.75) is 100 Å². The molecule has 69 heavy (non-hydrogen) atoms. The maximum Gasteiger partial charge on any atom is 0.297 e. The number of pyridine rings is 1. The molecule has 3 saturated heterocycles. The Hall–Kier alpha value is -5.82. The van der Waals surface area contributed by atoms with Crippen molar-refractivity contribution in [1.29, 1.82) is 0 Å². The van der Waals surface area contributed by atoms with E-state index in [1.165, 1.54) is 41.7 Å². The number of nitrogens with one attached hydrogen (secondary N) is 3. The van der Waals surface area contributed by atoms with E-state index >= 15 is 0 Å². The molecule has 1 saturated carbocycles. The second kappa shape index (κ2) is 18.2. The van der Waals surface area contributed by atoms with Gasteiger partial charge in [0.2, 0.25) is 0 Å². The van der Waals surface area contributed by atoms with Crippen molar-refractivity contribution in [1.82, 2.24) is 24.5 Å². The minimum absolute atomic E-state index is 0.0154. The number of rotatable bonds is 11. The Morgan fingerprint density at radius 1 is 1.04 bits per heavy atom. The number of hydrogen-bond acceptors (Lipinski definition) is 13. The predicted molar refractivity (Wildman–Crippen MR) is 260 cm³/mol. The topological polar surface area (TPSA) is 195 Å². The number of ether oxygens (including phenoxy) is 2. The third kappa shape index (κ3) is 9.35. The Kier molecular flexibility index (Phi) is 12.3. The zero-order valence-corrected chi connectivity index (χ0v) is 40.4. The van der Waals surface area contributed by atoms with Gasteiger partial charge in [0.1, 0.15) is 29.6 Å². The number of fused-ring (bicyclic) bond motifs is 2. The van der Waals surface area contributed by atoms with Crippen LogP contribution in [0.5, 0.6) is 17.2 Å². The van der Waals surface area contributed by atoms with E-state index < -0.39 is 42.9 Å². The first-order valence-corrected chi connectivity index (χ1v) is 25.7. The first kappa shape index (κ1) is 46.9. The van der Waals surface area contributed by atoms with E-state index in [1.807, 2.05) is 0 Å². The van der Waals surface area contributed by atoms with Crippen molar-refractivity contribution in [2.75, 3.05) is 63.1 Å². The number of likely N-dealkylation sites (N-methyl/N-ethyl adjacent to an activating group) is 1. The van der Waals surface area contributed by atoms with Crippen LogP contribution in [0, 0.1) is 27.3 Å². The highest BCUT2D eigenvalue weighted by atomic mass is 32.2. The second-order valence-corrected chi connectivity index (χ2v) is 22.5. The Labute approximate surface area is 401 Å². The van der Waals surface area contributed by atoms with Gasteiger partial charge < -0.3 is 34.7 Å². The number of aliphatic hydroxyl groups is 1. The van der Waals surface area contributed by atoms with E-state index in [-0.39, 0.29) is 57.9 Å². The molecule has 3 aromatic carbocycles. The lowest BCUT2D eigenvalue weighted by molar-refractivity contribution is -0.384. The predicted octanol–water partition coefficient (Wildman–Crippen LogP) is 8.15. The number of nitro groups is 1. The summed E-state index contributed by atoms with van der Waals surface area (Å²) in [5, 5.41) is 26.3. The van der Waals surface area contributed by atoms with E-state index in [1.54, 1.807) is 19.1 Å². The van der Waals surface area contributed by atoms with Gasteiger partial charge in [0.15, 0.2) is 11.4 Å². The molecule has 0 radical (unpaired) electrons. The molecular formula is C51H61FN8O8S. The second-order valence-electron chi connectivity index (χ2n) is 20.8. The fourth-order valence-corrected chi connectivity index (χ4v) is 12.6. The number of benzene rings is 3. The van der Waals surface area contributed by atoms with Gasteiger partial charge in [-0.05, 0) is 112 Å². The van der Waals surface area contributed by atoms with E-state index in [4.69, 9.17) is 9.47 Å². The molecule has 0 unspecified atom stereocenters. The average molecular weight is 965 g/mol. The molecule has 5 aromatic rings. The number of H-pyrrole nitrogens is 1. The van der Waals surface area contributed by atoms with Gasteiger partial charge in [0, 0.05) is 74.8 Å². The van der Waals surface area contributed by atoms with Gasteiger partial charge in [-0.1, -0.05) is 38.1 Å².